The highest BCUT2D eigenvalue weighted by Crippen LogP contribution is 2.37. The first-order valence-electron chi connectivity index (χ1n) is 12.6. The van der Waals surface area contributed by atoms with Gasteiger partial charge in [0, 0.05) is 57.5 Å². The fourth-order valence-corrected chi connectivity index (χ4v) is 5.97. The lowest BCUT2D eigenvalue weighted by atomic mass is 9.75. The molecule has 6 rings (SSSR count). The lowest BCUT2D eigenvalue weighted by Gasteiger charge is -2.51. The van der Waals surface area contributed by atoms with Crippen molar-refractivity contribution in [3.63, 3.8) is 0 Å². The van der Waals surface area contributed by atoms with Crippen molar-refractivity contribution in [2.75, 3.05) is 69.7 Å². The fraction of sp³-hybridized carbons (Fsp3) is 0.519. The van der Waals surface area contributed by atoms with Gasteiger partial charge in [0.05, 0.1) is 12.8 Å². The normalized spacial score (nSPS) is 26.8. The monoisotopic (exact) mass is 463 g/mol. The number of nitrogens with zero attached hydrogens (tertiary/aromatic N) is 3. The van der Waals surface area contributed by atoms with Gasteiger partial charge in [0.2, 0.25) is 0 Å². The minimum absolute atomic E-state index is 0.113. The number of methoxy groups -OCH3 is 1. The van der Waals surface area contributed by atoms with Crippen LogP contribution in [0.25, 0.3) is 0 Å². The van der Waals surface area contributed by atoms with Crippen molar-refractivity contribution in [1.82, 2.24) is 15.1 Å². The second-order valence-electron chi connectivity index (χ2n) is 9.85. The summed E-state index contributed by atoms with van der Waals surface area (Å²) in [6.45, 7) is 8.53. The largest absolute Gasteiger partial charge is 0.495 e. The molecule has 4 fully saturated rings. The first kappa shape index (κ1) is 23.0. The number of anilines is 2. The molecule has 182 valence electrons. The number of benzene rings is 2. The average Bonchev–Trinajstić information content (AvgIpc) is 2.89. The number of hydrogen-bond acceptors (Lipinski definition) is 5. The zero-order valence-corrected chi connectivity index (χ0v) is 20.2. The lowest BCUT2D eigenvalue weighted by molar-refractivity contribution is -0.0114. The van der Waals surface area contributed by atoms with Gasteiger partial charge in [-0.1, -0.05) is 30.3 Å². The zero-order valence-electron chi connectivity index (χ0n) is 20.2. The fourth-order valence-electron chi connectivity index (χ4n) is 5.97. The number of urea groups is 1. The number of nitrogens with one attached hydrogen (secondary N) is 2. The Morgan fingerprint density at radius 3 is 2.50 bits per heavy atom. The summed E-state index contributed by atoms with van der Waals surface area (Å²) in [4.78, 5) is 20.0. The molecule has 2 N–H and O–H groups in total. The molecule has 7 heteroatoms. The number of carbonyl (C=O) groups is 1. The Labute approximate surface area is 203 Å². The average molecular weight is 464 g/mol. The molecule has 4 saturated heterocycles. The highest BCUT2D eigenvalue weighted by Gasteiger charge is 2.40. The van der Waals surface area contributed by atoms with Crippen LogP contribution in [0.15, 0.2) is 54.6 Å². The maximum absolute atomic E-state index is 12.3. The molecule has 0 aliphatic carbocycles. The quantitative estimate of drug-likeness (QED) is 0.660. The zero-order chi connectivity index (χ0) is 23.3. The highest BCUT2D eigenvalue weighted by atomic mass is 16.5. The van der Waals surface area contributed by atoms with Gasteiger partial charge in [-0.3, -0.25) is 9.80 Å². The van der Waals surface area contributed by atoms with Crippen molar-refractivity contribution in [2.24, 2.45) is 11.8 Å². The second kappa shape index (κ2) is 10.7. The molecule has 7 nitrogen and oxygen atoms in total. The van der Waals surface area contributed by atoms with E-state index in [4.69, 9.17) is 4.74 Å². The predicted molar refractivity (Wildman–Crippen MR) is 137 cm³/mol. The summed E-state index contributed by atoms with van der Waals surface area (Å²) in [6, 6.07) is 18.3. The molecule has 2 amide bonds. The van der Waals surface area contributed by atoms with Crippen LogP contribution < -0.4 is 20.3 Å². The number of hydrogen-bond donors (Lipinski definition) is 2. The smallest absolute Gasteiger partial charge is 0.319 e. The van der Waals surface area contributed by atoms with Gasteiger partial charge in [-0.15, -0.1) is 0 Å². The molecule has 4 heterocycles. The Bertz CT molecular complexity index is 947. The van der Waals surface area contributed by atoms with Gasteiger partial charge in [-0.25, -0.2) is 4.79 Å². The molecule has 34 heavy (non-hydrogen) atoms. The number of piperidine rings is 3. The van der Waals surface area contributed by atoms with E-state index in [0.717, 1.165) is 69.1 Å². The van der Waals surface area contributed by atoms with E-state index in [9.17, 15) is 4.79 Å². The maximum Gasteiger partial charge on any atom is 0.319 e. The Morgan fingerprint density at radius 1 is 1.00 bits per heavy atom. The molecule has 4 aliphatic heterocycles. The van der Waals surface area contributed by atoms with Gasteiger partial charge in [0.15, 0.2) is 0 Å². The molecule has 4 unspecified atom stereocenters. The van der Waals surface area contributed by atoms with E-state index < -0.39 is 0 Å². The third-order valence-electron chi connectivity index (χ3n) is 7.83. The standard InChI is InChI=1S/C27H37N5O2/c1-34-26-10-6-5-9-25(26)31-15-13-30(14-16-31)19-22-20-32-12-11-21(22)17-24(32)18-28-27(33)29-23-7-3-2-4-8-23/h2-10,21-22,24H,11-20H2,1H3,(H2,28,29,33). The Balaban J connectivity index is 1.07. The molecule has 0 radical (unpaired) electrons. The van der Waals surface area contributed by atoms with Gasteiger partial charge in [0.1, 0.15) is 5.75 Å². The summed E-state index contributed by atoms with van der Waals surface area (Å²) in [5, 5.41) is 6.02. The van der Waals surface area contributed by atoms with Crippen LogP contribution in [0, 0.1) is 11.8 Å². The van der Waals surface area contributed by atoms with Crippen LogP contribution in [0.4, 0.5) is 16.2 Å². The molecular formula is C27H37N5O2. The lowest BCUT2D eigenvalue weighted by Crippen LogP contribution is -2.59. The number of carbonyl (C=O) groups excluding carboxylic acids is 1. The highest BCUT2D eigenvalue weighted by molar-refractivity contribution is 5.89. The summed E-state index contributed by atoms with van der Waals surface area (Å²) in [5.74, 6) is 2.47. The van der Waals surface area contributed by atoms with E-state index in [0.29, 0.717) is 6.04 Å². The van der Waals surface area contributed by atoms with Crippen molar-refractivity contribution in [3.05, 3.63) is 54.6 Å². The number of para-hydroxylation sites is 3. The predicted octanol–water partition coefficient (Wildman–Crippen LogP) is 3.35. The summed E-state index contributed by atoms with van der Waals surface area (Å²) in [6.07, 6.45) is 2.48. The minimum Gasteiger partial charge on any atom is -0.495 e. The van der Waals surface area contributed by atoms with Crippen molar-refractivity contribution in [2.45, 2.75) is 18.9 Å². The van der Waals surface area contributed by atoms with E-state index >= 15 is 0 Å². The van der Waals surface area contributed by atoms with Gasteiger partial charge in [0.25, 0.3) is 0 Å². The molecule has 4 aliphatic rings. The third kappa shape index (κ3) is 5.31. The number of ether oxygens (including phenoxy) is 1. The van der Waals surface area contributed by atoms with Crippen LogP contribution in [0.5, 0.6) is 5.75 Å². The topological polar surface area (TPSA) is 60.1 Å². The van der Waals surface area contributed by atoms with Crippen molar-refractivity contribution in [3.8, 4) is 5.75 Å². The molecule has 2 bridgehead atoms. The number of fused-ring (bicyclic) bond motifs is 3. The summed E-state index contributed by atoms with van der Waals surface area (Å²) >= 11 is 0. The molecule has 2 aromatic rings. The minimum atomic E-state index is -0.113. The van der Waals surface area contributed by atoms with Gasteiger partial charge >= 0.3 is 6.03 Å². The van der Waals surface area contributed by atoms with Crippen LogP contribution in [-0.4, -0.2) is 81.3 Å². The van der Waals surface area contributed by atoms with E-state index in [-0.39, 0.29) is 6.03 Å². The number of piperazine rings is 1. The molecule has 0 saturated carbocycles. The van der Waals surface area contributed by atoms with Crippen molar-refractivity contribution in [1.29, 1.82) is 0 Å². The van der Waals surface area contributed by atoms with Gasteiger partial charge in [-0.05, 0) is 55.5 Å². The van der Waals surface area contributed by atoms with Crippen LogP contribution in [-0.2, 0) is 0 Å². The second-order valence-corrected chi connectivity index (χ2v) is 9.85. The summed E-state index contributed by atoms with van der Waals surface area (Å²) < 4.78 is 5.56. The van der Waals surface area contributed by atoms with Crippen LogP contribution in [0.3, 0.4) is 0 Å². The molecule has 0 aromatic heterocycles. The summed E-state index contributed by atoms with van der Waals surface area (Å²) in [5.41, 5.74) is 2.04. The summed E-state index contributed by atoms with van der Waals surface area (Å²) in [7, 11) is 1.75. The molecular weight excluding hydrogens is 426 g/mol. The van der Waals surface area contributed by atoms with Gasteiger partial charge < -0.3 is 20.3 Å². The SMILES string of the molecule is COc1ccccc1N1CCN(CC2CN3CCC2CC3CNC(=O)Nc2ccccc2)CC1. The Morgan fingerprint density at radius 2 is 1.76 bits per heavy atom. The van der Waals surface area contributed by atoms with Crippen LogP contribution >= 0.6 is 0 Å². The van der Waals surface area contributed by atoms with E-state index in [1.165, 1.54) is 25.1 Å². The molecule has 2 aromatic carbocycles. The first-order chi connectivity index (χ1) is 16.7. The van der Waals surface area contributed by atoms with Crippen molar-refractivity contribution < 1.29 is 9.53 Å². The van der Waals surface area contributed by atoms with E-state index in [2.05, 4.69) is 37.5 Å². The van der Waals surface area contributed by atoms with E-state index in [1.54, 1.807) is 7.11 Å². The Hall–Kier alpha value is -2.77. The molecule has 4 atom stereocenters. The number of amides is 2. The molecule has 0 spiro atoms. The van der Waals surface area contributed by atoms with Gasteiger partial charge in [-0.2, -0.15) is 0 Å². The maximum atomic E-state index is 12.3. The van der Waals surface area contributed by atoms with Crippen LogP contribution in [0.2, 0.25) is 0 Å². The first-order valence-corrected chi connectivity index (χ1v) is 12.6. The van der Waals surface area contributed by atoms with Crippen molar-refractivity contribution >= 4 is 17.4 Å². The number of rotatable bonds is 7. The van der Waals surface area contributed by atoms with Crippen LogP contribution in [0.1, 0.15) is 12.8 Å². The third-order valence-corrected chi connectivity index (χ3v) is 7.83. The Kier molecular flexibility index (Phi) is 7.21. The van der Waals surface area contributed by atoms with E-state index in [1.807, 2.05) is 42.5 Å².